The highest BCUT2D eigenvalue weighted by atomic mass is 28.4. The Morgan fingerprint density at radius 2 is 1.89 bits per heavy atom. The molecule has 1 rings (SSSR count). The second-order valence-corrected chi connectivity index (χ2v) is 11.0. The van der Waals surface area contributed by atoms with E-state index in [-0.39, 0.29) is 10.8 Å². The molecule has 0 heterocycles. The van der Waals surface area contributed by atoms with Crippen molar-refractivity contribution >= 4 is 14.1 Å². The first-order valence-electron chi connectivity index (χ1n) is 6.32. The molecule has 0 atom stereocenters. The molecule has 0 aliphatic rings. The molecule has 0 N–H and O–H groups in total. The van der Waals surface area contributed by atoms with Gasteiger partial charge in [0.2, 0.25) is 0 Å². The van der Waals surface area contributed by atoms with Crippen LogP contribution in [0.5, 0.6) is 5.75 Å². The molecular weight excluding hydrogens is 254 g/mol. The zero-order valence-electron chi connectivity index (χ0n) is 12.5. The predicted octanol–water partition coefficient (Wildman–Crippen LogP) is 4.14. The molecule has 0 unspecified atom stereocenters. The van der Waals surface area contributed by atoms with Crippen LogP contribution in [0.3, 0.4) is 0 Å². The zero-order valence-corrected chi connectivity index (χ0v) is 13.5. The average Bonchev–Trinajstić information content (AvgIpc) is 2.27. The predicted molar refractivity (Wildman–Crippen MR) is 79.0 cm³/mol. The molecule has 1 aromatic carbocycles. The van der Waals surface area contributed by atoms with Gasteiger partial charge in [-0.15, -0.1) is 0 Å². The minimum atomic E-state index is -1.97. The minimum Gasteiger partial charge on any atom is -0.543 e. The monoisotopic (exact) mass is 275 g/mol. The highest BCUT2D eigenvalue weighted by Gasteiger charge is 2.39. The third-order valence-corrected chi connectivity index (χ3v) is 8.02. The maximum atomic E-state index is 11.3. The summed E-state index contributed by atoms with van der Waals surface area (Å²) in [5.74, 6) is 0.537. The molecule has 0 fully saturated rings. The van der Waals surface area contributed by atoms with Crippen LogP contribution in [0, 0.1) is 11.3 Å². The Labute approximate surface area is 116 Å². The van der Waals surface area contributed by atoms with E-state index >= 15 is 0 Å². The van der Waals surface area contributed by atoms with Crippen molar-refractivity contribution in [3.63, 3.8) is 0 Å². The van der Waals surface area contributed by atoms with Crippen LogP contribution in [-0.4, -0.2) is 14.1 Å². The van der Waals surface area contributed by atoms with E-state index in [0.717, 1.165) is 0 Å². The summed E-state index contributed by atoms with van der Waals surface area (Å²) in [4.78, 5) is 11.3. The van der Waals surface area contributed by atoms with E-state index in [9.17, 15) is 10.1 Å². The first-order chi connectivity index (χ1) is 8.58. The van der Waals surface area contributed by atoms with E-state index in [4.69, 9.17) is 4.43 Å². The summed E-state index contributed by atoms with van der Waals surface area (Å²) >= 11 is 0. The van der Waals surface area contributed by atoms with Gasteiger partial charge in [0.15, 0.2) is 5.78 Å². The summed E-state index contributed by atoms with van der Waals surface area (Å²) in [5.41, 5.74) is 0.969. The normalized spacial score (nSPS) is 11.8. The van der Waals surface area contributed by atoms with Gasteiger partial charge in [0.1, 0.15) is 11.8 Å². The molecule has 0 aliphatic carbocycles. The number of nitriles is 1. The Morgan fingerprint density at radius 3 is 2.32 bits per heavy atom. The van der Waals surface area contributed by atoms with Crippen LogP contribution in [0.1, 0.15) is 43.6 Å². The van der Waals surface area contributed by atoms with Crippen molar-refractivity contribution in [3.8, 4) is 11.8 Å². The number of Topliss-reactive ketones (excluding diaryl/α,β-unsaturated/α-hetero) is 1. The van der Waals surface area contributed by atoms with Gasteiger partial charge in [0.05, 0.1) is 5.56 Å². The first-order valence-corrected chi connectivity index (χ1v) is 9.23. The number of rotatable bonds is 3. The molecule has 19 heavy (non-hydrogen) atoms. The van der Waals surface area contributed by atoms with E-state index in [2.05, 4.69) is 39.9 Å². The van der Waals surface area contributed by atoms with E-state index < -0.39 is 8.32 Å². The fourth-order valence-electron chi connectivity index (χ4n) is 1.35. The van der Waals surface area contributed by atoms with E-state index in [1.807, 2.05) is 0 Å². The summed E-state index contributed by atoms with van der Waals surface area (Å²) in [6.07, 6.45) is 0. The van der Waals surface area contributed by atoms with Crippen LogP contribution in [0.25, 0.3) is 0 Å². The SMILES string of the molecule is CC(=O)c1ccc(O[Si](C)(C)C(C)(C)C)c(C#N)c1. The lowest BCUT2D eigenvalue weighted by atomic mass is 10.1. The van der Waals surface area contributed by atoms with Crippen molar-refractivity contribution in [1.82, 2.24) is 0 Å². The van der Waals surface area contributed by atoms with Crippen molar-refractivity contribution in [1.29, 1.82) is 5.26 Å². The molecule has 0 aliphatic heterocycles. The Balaban J connectivity index is 3.17. The van der Waals surface area contributed by atoms with Gasteiger partial charge in [-0.05, 0) is 43.3 Å². The quantitative estimate of drug-likeness (QED) is 0.615. The third-order valence-electron chi connectivity index (χ3n) is 3.68. The molecular formula is C15H21NO2Si. The Morgan fingerprint density at radius 1 is 1.32 bits per heavy atom. The third kappa shape index (κ3) is 3.45. The number of carbonyl (C=O) groups is 1. The van der Waals surface area contributed by atoms with E-state index in [1.54, 1.807) is 18.2 Å². The van der Waals surface area contributed by atoms with Crippen LogP contribution in [0.15, 0.2) is 18.2 Å². The van der Waals surface area contributed by atoms with Crippen LogP contribution >= 0.6 is 0 Å². The summed E-state index contributed by atoms with van der Waals surface area (Å²) in [5, 5.41) is 9.27. The fourth-order valence-corrected chi connectivity index (χ4v) is 2.39. The molecule has 0 amide bonds. The Bertz CT molecular complexity index is 536. The number of nitrogens with zero attached hydrogens (tertiary/aromatic N) is 1. The van der Waals surface area contributed by atoms with Crippen molar-refractivity contribution in [2.75, 3.05) is 0 Å². The standard InChI is InChI=1S/C15H21NO2Si/c1-11(17)12-7-8-14(13(9-12)10-16)18-19(5,6)15(2,3)4/h7-9H,1-6H3. The molecule has 1 aromatic rings. The molecule has 0 saturated heterocycles. The van der Waals surface area contributed by atoms with Crippen LogP contribution in [0.2, 0.25) is 18.1 Å². The van der Waals surface area contributed by atoms with Gasteiger partial charge >= 0.3 is 0 Å². The average molecular weight is 275 g/mol. The lowest BCUT2D eigenvalue weighted by Gasteiger charge is -2.36. The second kappa shape index (κ2) is 5.18. The largest absolute Gasteiger partial charge is 0.543 e. The summed E-state index contributed by atoms with van der Waals surface area (Å²) in [6.45, 7) is 12.2. The van der Waals surface area contributed by atoms with E-state index in [0.29, 0.717) is 16.9 Å². The molecule has 0 spiro atoms. The van der Waals surface area contributed by atoms with Crippen LogP contribution < -0.4 is 4.43 Å². The number of benzene rings is 1. The Kier molecular flexibility index (Phi) is 4.21. The second-order valence-electron chi connectivity index (χ2n) is 6.24. The maximum absolute atomic E-state index is 11.3. The molecule has 0 saturated carbocycles. The van der Waals surface area contributed by atoms with Gasteiger partial charge in [-0.1, -0.05) is 20.8 Å². The lowest BCUT2D eigenvalue weighted by Crippen LogP contribution is -2.44. The van der Waals surface area contributed by atoms with Crippen LogP contribution in [0.4, 0.5) is 0 Å². The maximum Gasteiger partial charge on any atom is 0.250 e. The highest BCUT2D eigenvalue weighted by Crippen LogP contribution is 2.38. The summed E-state index contributed by atoms with van der Waals surface area (Å²) < 4.78 is 6.13. The van der Waals surface area contributed by atoms with Crippen molar-refractivity contribution in [3.05, 3.63) is 29.3 Å². The molecule has 102 valence electrons. The zero-order chi connectivity index (χ0) is 14.8. The topological polar surface area (TPSA) is 50.1 Å². The molecule has 0 radical (unpaired) electrons. The van der Waals surface area contributed by atoms with Crippen molar-refractivity contribution in [2.24, 2.45) is 0 Å². The first kappa shape index (κ1) is 15.5. The Hall–Kier alpha value is -1.60. The number of ketones is 1. The van der Waals surface area contributed by atoms with Gasteiger partial charge in [0.25, 0.3) is 8.32 Å². The smallest absolute Gasteiger partial charge is 0.250 e. The summed E-state index contributed by atoms with van der Waals surface area (Å²) in [7, 11) is -1.97. The fraction of sp³-hybridized carbons (Fsp3) is 0.467. The van der Waals surface area contributed by atoms with Crippen molar-refractivity contribution < 1.29 is 9.22 Å². The van der Waals surface area contributed by atoms with Gasteiger partial charge in [-0.2, -0.15) is 5.26 Å². The van der Waals surface area contributed by atoms with Gasteiger partial charge < -0.3 is 4.43 Å². The van der Waals surface area contributed by atoms with E-state index in [1.165, 1.54) is 6.92 Å². The lowest BCUT2D eigenvalue weighted by molar-refractivity contribution is 0.101. The minimum absolute atomic E-state index is 0.0459. The molecule has 3 nitrogen and oxygen atoms in total. The van der Waals surface area contributed by atoms with Gasteiger partial charge in [-0.25, -0.2) is 0 Å². The van der Waals surface area contributed by atoms with Gasteiger partial charge in [-0.3, -0.25) is 4.79 Å². The number of hydrogen-bond acceptors (Lipinski definition) is 3. The molecule has 4 heteroatoms. The van der Waals surface area contributed by atoms with Crippen molar-refractivity contribution in [2.45, 2.75) is 45.8 Å². The number of carbonyl (C=O) groups excluding carboxylic acids is 1. The molecule has 0 bridgehead atoms. The molecule has 0 aromatic heterocycles. The number of hydrogen-bond donors (Lipinski definition) is 0. The highest BCUT2D eigenvalue weighted by molar-refractivity contribution is 6.74. The summed E-state index contributed by atoms with van der Waals surface area (Å²) in [6, 6.07) is 7.16. The van der Waals surface area contributed by atoms with Gasteiger partial charge in [0, 0.05) is 5.56 Å². The van der Waals surface area contributed by atoms with Crippen LogP contribution in [-0.2, 0) is 0 Å².